The molecule has 3 rings (SSSR count). The molecule has 0 amide bonds. The van der Waals surface area contributed by atoms with Crippen LogP contribution in [0.15, 0.2) is 12.4 Å². The Balaban J connectivity index is 1.67. The monoisotopic (exact) mass is 344 g/mol. The number of hydrogen-bond acceptors (Lipinski definition) is 4. The summed E-state index contributed by atoms with van der Waals surface area (Å²) < 4.78 is 1.08. The standard InChI is InChI=1S/C12H17IN4/c13-9-7-14-12(15-8-9)16-10-4-6-17-5-2-1-3-11(10)17/h7-8,10-11H,1-6H2,(H,14,15,16). The van der Waals surface area contributed by atoms with Crippen LogP contribution in [-0.4, -0.2) is 40.0 Å². The van der Waals surface area contributed by atoms with E-state index >= 15 is 0 Å². The van der Waals surface area contributed by atoms with E-state index in [0.717, 1.165) is 9.52 Å². The van der Waals surface area contributed by atoms with Gasteiger partial charge in [-0.3, -0.25) is 4.90 Å². The fourth-order valence-electron chi connectivity index (χ4n) is 2.97. The summed E-state index contributed by atoms with van der Waals surface area (Å²) in [4.78, 5) is 11.3. The fraction of sp³-hybridized carbons (Fsp3) is 0.667. The van der Waals surface area contributed by atoms with Crippen molar-refractivity contribution in [2.24, 2.45) is 0 Å². The van der Waals surface area contributed by atoms with Gasteiger partial charge in [0.1, 0.15) is 0 Å². The highest BCUT2D eigenvalue weighted by Crippen LogP contribution is 2.28. The first-order chi connectivity index (χ1) is 8.33. The molecule has 2 fully saturated rings. The van der Waals surface area contributed by atoms with Crippen LogP contribution < -0.4 is 5.32 Å². The Morgan fingerprint density at radius 1 is 1.18 bits per heavy atom. The van der Waals surface area contributed by atoms with Crippen molar-refractivity contribution < 1.29 is 0 Å². The van der Waals surface area contributed by atoms with Crippen molar-refractivity contribution in [1.29, 1.82) is 0 Å². The molecule has 5 heteroatoms. The Kier molecular flexibility index (Phi) is 3.46. The maximum Gasteiger partial charge on any atom is 0.222 e. The number of nitrogens with one attached hydrogen (secondary N) is 1. The molecule has 2 aliphatic rings. The third kappa shape index (κ3) is 2.54. The van der Waals surface area contributed by atoms with Gasteiger partial charge in [0.25, 0.3) is 0 Å². The molecule has 1 aromatic rings. The molecule has 17 heavy (non-hydrogen) atoms. The first kappa shape index (κ1) is 11.6. The molecular formula is C12H17IN4. The lowest BCUT2D eigenvalue weighted by molar-refractivity contribution is 0.192. The number of hydrogen-bond donors (Lipinski definition) is 1. The SMILES string of the molecule is Ic1cnc(NC2CCN3CCCCC23)nc1. The van der Waals surface area contributed by atoms with Gasteiger partial charge in [-0.15, -0.1) is 0 Å². The third-order valence-corrected chi connectivity index (χ3v) is 4.35. The summed E-state index contributed by atoms with van der Waals surface area (Å²) in [5.74, 6) is 0.780. The molecule has 1 N–H and O–H groups in total. The van der Waals surface area contributed by atoms with E-state index in [4.69, 9.17) is 0 Å². The number of rotatable bonds is 2. The predicted molar refractivity (Wildman–Crippen MR) is 76.0 cm³/mol. The van der Waals surface area contributed by atoms with Gasteiger partial charge in [-0.25, -0.2) is 9.97 Å². The lowest BCUT2D eigenvalue weighted by Gasteiger charge is -2.32. The Labute approximate surface area is 115 Å². The zero-order valence-corrected chi connectivity index (χ0v) is 11.9. The van der Waals surface area contributed by atoms with Crippen LogP contribution in [0.1, 0.15) is 25.7 Å². The van der Waals surface area contributed by atoms with E-state index in [2.05, 4.69) is 42.8 Å². The van der Waals surface area contributed by atoms with Crippen molar-refractivity contribution >= 4 is 28.5 Å². The van der Waals surface area contributed by atoms with E-state index in [9.17, 15) is 0 Å². The van der Waals surface area contributed by atoms with Gasteiger partial charge >= 0.3 is 0 Å². The maximum atomic E-state index is 4.33. The molecule has 2 saturated heterocycles. The van der Waals surface area contributed by atoms with Gasteiger partial charge in [0.15, 0.2) is 0 Å². The van der Waals surface area contributed by atoms with Crippen molar-refractivity contribution in [3.05, 3.63) is 16.0 Å². The summed E-state index contributed by atoms with van der Waals surface area (Å²) >= 11 is 2.23. The first-order valence-electron chi connectivity index (χ1n) is 6.31. The average Bonchev–Trinajstić information content (AvgIpc) is 2.76. The molecule has 2 atom stereocenters. The van der Waals surface area contributed by atoms with E-state index in [-0.39, 0.29) is 0 Å². The quantitative estimate of drug-likeness (QED) is 0.835. The van der Waals surface area contributed by atoms with E-state index in [0.29, 0.717) is 12.1 Å². The Hall–Kier alpha value is -0.430. The Morgan fingerprint density at radius 3 is 2.82 bits per heavy atom. The van der Waals surface area contributed by atoms with Crippen LogP contribution in [0.25, 0.3) is 0 Å². The van der Waals surface area contributed by atoms with Crippen LogP contribution in [0, 0.1) is 3.57 Å². The van der Waals surface area contributed by atoms with Crippen LogP contribution in [0.5, 0.6) is 0 Å². The summed E-state index contributed by atoms with van der Waals surface area (Å²) in [6, 6.07) is 1.24. The van der Waals surface area contributed by atoms with Gasteiger partial charge in [0.05, 0.1) is 0 Å². The summed E-state index contributed by atoms with van der Waals surface area (Å²) in [5.41, 5.74) is 0. The normalized spacial score (nSPS) is 29.0. The van der Waals surface area contributed by atoms with Crippen LogP contribution in [-0.2, 0) is 0 Å². The largest absolute Gasteiger partial charge is 0.350 e. The number of halogens is 1. The second-order valence-corrected chi connectivity index (χ2v) is 6.11. The summed E-state index contributed by atoms with van der Waals surface area (Å²) in [6.45, 7) is 2.50. The minimum atomic E-state index is 0.537. The van der Waals surface area contributed by atoms with Gasteiger partial charge in [-0.05, 0) is 48.4 Å². The topological polar surface area (TPSA) is 41.1 Å². The molecule has 2 unspecified atom stereocenters. The van der Waals surface area contributed by atoms with E-state index < -0.39 is 0 Å². The molecule has 4 nitrogen and oxygen atoms in total. The average molecular weight is 344 g/mol. The van der Waals surface area contributed by atoms with Crippen molar-refractivity contribution in [3.8, 4) is 0 Å². The molecule has 3 heterocycles. The molecule has 0 bridgehead atoms. The molecule has 0 spiro atoms. The highest BCUT2D eigenvalue weighted by molar-refractivity contribution is 14.1. The minimum absolute atomic E-state index is 0.537. The van der Waals surface area contributed by atoms with Gasteiger partial charge in [-0.1, -0.05) is 6.42 Å². The fourth-order valence-corrected chi connectivity index (χ4v) is 3.25. The molecule has 2 aliphatic heterocycles. The Bertz CT molecular complexity index is 381. The lowest BCUT2D eigenvalue weighted by Crippen LogP contribution is -2.41. The van der Waals surface area contributed by atoms with Crippen LogP contribution in [0.3, 0.4) is 0 Å². The van der Waals surface area contributed by atoms with Gasteiger partial charge in [-0.2, -0.15) is 0 Å². The highest BCUT2D eigenvalue weighted by Gasteiger charge is 2.35. The van der Waals surface area contributed by atoms with E-state index in [1.165, 1.54) is 38.8 Å². The third-order valence-electron chi connectivity index (χ3n) is 3.79. The van der Waals surface area contributed by atoms with E-state index in [1.54, 1.807) is 0 Å². The molecule has 0 saturated carbocycles. The smallest absolute Gasteiger partial charge is 0.222 e. The zero-order chi connectivity index (χ0) is 11.7. The molecule has 0 aliphatic carbocycles. The summed E-state index contributed by atoms with van der Waals surface area (Å²) in [5, 5.41) is 3.50. The van der Waals surface area contributed by atoms with Crippen molar-refractivity contribution in [2.75, 3.05) is 18.4 Å². The lowest BCUT2D eigenvalue weighted by atomic mass is 9.99. The highest BCUT2D eigenvalue weighted by atomic mass is 127. The number of piperidine rings is 1. The molecule has 0 aromatic carbocycles. The van der Waals surface area contributed by atoms with Gasteiger partial charge in [0.2, 0.25) is 5.95 Å². The van der Waals surface area contributed by atoms with Crippen molar-refractivity contribution in [3.63, 3.8) is 0 Å². The minimum Gasteiger partial charge on any atom is -0.350 e. The van der Waals surface area contributed by atoms with Crippen molar-refractivity contribution in [1.82, 2.24) is 14.9 Å². The van der Waals surface area contributed by atoms with Crippen LogP contribution in [0.4, 0.5) is 5.95 Å². The Morgan fingerprint density at radius 2 is 2.00 bits per heavy atom. The maximum absolute atomic E-state index is 4.33. The van der Waals surface area contributed by atoms with Gasteiger partial charge < -0.3 is 5.32 Å². The van der Waals surface area contributed by atoms with Crippen molar-refractivity contribution in [2.45, 2.75) is 37.8 Å². The summed E-state index contributed by atoms with van der Waals surface area (Å²) in [7, 11) is 0. The zero-order valence-electron chi connectivity index (χ0n) is 9.77. The molecule has 0 radical (unpaired) electrons. The van der Waals surface area contributed by atoms with Gasteiger partial charge in [0, 0.05) is 34.6 Å². The predicted octanol–water partition coefficient (Wildman–Crippen LogP) is 2.12. The molecule has 92 valence electrons. The molecule has 1 aromatic heterocycles. The van der Waals surface area contributed by atoms with Crippen LogP contribution in [0.2, 0.25) is 0 Å². The number of nitrogens with zero attached hydrogens (tertiary/aromatic N) is 3. The summed E-state index contributed by atoms with van der Waals surface area (Å²) in [6.07, 6.45) is 9.01. The number of aromatic nitrogens is 2. The van der Waals surface area contributed by atoms with E-state index in [1.807, 2.05) is 12.4 Å². The number of anilines is 1. The second-order valence-electron chi connectivity index (χ2n) is 4.86. The molecular weight excluding hydrogens is 327 g/mol. The second kappa shape index (κ2) is 5.06. The van der Waals surface area contributed by atoms with Crippen LogP contribution >= 0.6 is 22.6 Å². The number of fused-ring (bicyclic) bond motifs is 1. The first-order valence-corrected chi connectivity index (χ1v) is 7.39.